The Morgan fingerprint density at radius 1 is 0.810 bits per heavy atom. The van der Waals surface area contributed by atoms with E-state index in [0.717, 1.165) is 12.0 Å². The Labute approximate surface area is 130 Å². The third-order valence-corrected chi connectivity index (χ3v) is 3.64. The highest BCUT2D eigenvalue weighted by Crippen LogP contribution is 2.25. The van der Waals surface area contributed by atoms with Crippen molar-refractivity contribution >= 4 is 0 Å². The van der Waals surface area contributed by atoms with E-state index in [-0.39, 0.29) is 0 Å². The Bertz CT molecular complexity index is 376. The van der Waals surface area contributed by atoms with Gasteiger partial charge in [-0.25, -0.2) is 9.78 Å². The van der Waals surface area contributed by atoms with Crippen LogP contribution in [0.5, 0.6) is 0 Å². The predicted molar refractivity (Wildman–Crippen MR) is 89.0 cm³/mol. The monoisotopic (exact) mass is 292 g/mol. The zero-order chi connectivity index (χ0) is 15.8. The molecule has 21 heavy (non-hydrogen) atoms. The van der Waals surface area contributed by atoms with E-state index >= 15 is 0 Å². The number of rotatable bonds is 9. The molecule has 2 heteroatoms. The van der Waals surface area contributed by atoms with Crippen LogP contribution in [-0.4, -0.2) is 6.61 Å². The molecule has 0 atom stereocenters. The first kappa shape index (κ1) is 18.2. The zero-order valence-corrected chi connectivity index (χ0v) is 14.4. The van der Waals surface area contributed by atoms with Gasteiger partial charge in [-0.15, -0.1) is 0 Å². The standard InChI is InChI=1S/C19H32O2/c1-18(2,3)15-11-6-7-12-16-20-21-19(4,5)17-13-9-8-10-14-17/h8-10,13-14H,6-7,11-12,15-16H2,1-5H3. The third kappa shape index (κ3) is 8.23. The molecule has 0 fully saturated rings. The normalized spacial score (nSPS) is 12.6. The largest absolute Gasteiger partial charge is 0.236 e. The van der Waals surface area contributed by atoms with Crippen molar-refractivity contribution in [1.82, 2.24) is 0 Å². The Hall–Kier alpha value is -0.860. The molecule has 0 bridgehead atoms. The topological polar surface area (TPSA) is 18.5 Å². The van der Waals surface area contributed by atoms with Crippen molar-refractivity contribution in [1.29, 1.82) is 0 Å². The van der Waals surface area contributed by atoms with Crippen LogP contribution in [-0.2, 0) is 15.4 Å². The summed E-state index contributed by atoms with van der Waals surface area (Å²) in [5, 5.41) is 0. The van der Waals surface area contributed by atoms with Crippen LogP contribution in [0, 0.1) is 5.41 Å². The minimum absolute atomic E-state index is 0.395. The molecule has 0 N–H and O–H groups in total. The molecule has 0 aliphatic carbocycles. The van der Waals surface area contributed by atoms with Gasteiger partial charge in [-0.05, 0) is 37.7 Å². The van der Waals surface area contributed by atoms with E-state index in [9.17, 15) is 0 Å². The van der Waals surface area contributed by atoms with Gasteiger partial charge in [0.25, 0.3) is 0 Å². The van der Waals surface area contributed by atoms with Crippen LogP contribution in [0.4, 0.5) is 0 Å². The Morgan fingerprint density at radius 2 is 1.43 bits per heavy atom. The highest BCUT2D eigenvalue weighted by Gasteiger charge is 2.22. The van der Waals surface area contributed by atoms with Crippen LogP contribution in [0.1, 0.15) is 72.3 Å². The van der Waals surface area contributed by atoms with Crippen molar-refractivity contribution in [2.24, 2.45) is 5.41 Å². The van der Waals surface area contributed by atoms with Gasteiger partial charge in [0.1, 0.15) is 5.60 Å². The minimum Gasteiger partial charge on any atom is -0.236 e. The lowest BCUT2D eigenvalue weighted by Gasteiger charge is -2.24. The van der Waals surface area contributed by atoms with E-state index in [1.165, 1.54) is 25.7 Å². The minimum atomic E-state index is -0.395. The molecular formula is C19H32O2. The van der Waals surface area contributed by atoms with Gasteiger partial charge in [-0.2, -0.15) is 0 Å². The van der Waals surface area contributed by atoms with Gasteiger partial charge in [-0.1, -0.05) is 70.4 Å². The predicted octanol–water partition coefficient (Wildman–Crippen LogP) is 5.87. The first-order chi connectivity index (χ1) is 9.81. The van der Waals surface area contributed by atoms with Gasteiger partial charge in [0.15, 0.2) is 0 Å². The molecule has 0 saturated carbocycles. The van der Waals surface area contributed by atoms with Crippen molar-refractivity contribution in [3.05, 3.63) is 35.9 Å². The van der Waals surface area contributed by atoms with Crippen LogP contribution in [0.15, 0.2) is 30.3 Å². The van der Waals surface area contributed by atoms with Gasteiger partial charge in [-0.3, -0.25) is 0 Å². The van der Waals surface area contributed by atoms with E-state index in [0.29, 0.717) is 12.0 Å². The number of hydrogen-bond donors (Lipinski definition) is 0. The lowest BCUT2D eigenvalue weighted by atomic mass is 9.89. The van der Waals surface area contributed by atoms with Crippen molar-refractivity contribution < 1.29 is 9.78 Å². The van der Waals surface area contributed by atoms with Crippen LogP contribution < -0.4 is 0 Å². The van der Waals surface area contributed by atoms with Crippen LogP contribution in [0.2, 0.25) is 0 Å². The summed E-state index contributed by atoms with van der Waals surface area (Å²) in [6.07, 6.45) is 6.16. The van der Waals surface area contributed by atoms with Crippen LogP contribution >= 0.6 is 0 Å². The Morgan fingerprint density at radius 3 is 2.05 bits per heavy atom. The fourth-order valence-corrected chi connectivity index (χ4v) is 2.25. The van der Waals surface area contributed by atoms with Crippen LogP contribution in [0.3, 0.4) is 0 Å². The summed E-state index contributed by atoms with van der Waals surface area (Å²) >= 11 is 0. The molecule has 120 valence electrons. The maximum Gasteiger partial charge on any atom is 0.123 e. The summed E-state index contributed by atoms with van der Waals surface area (Å²) in [5.41, 5.74) is 1.20. The maximum absolute atomic E-state index is 5.58. The molecular weight excluding hydrogens is 260 g/mol. The highest BCUT2D eigenvalue weighted by atomic mass is 17.2. The van der Waals surface area contributed by atoms with Gasteiger partial charge >= 0.3 is 0 Å². The van der Waals surface area contributed by atoms with Crippen molar-refractivity contribution in [2.75, 3.05) is 6.61 Å². The van der Waals surface area contributed by atoms with E-state index < -0.39 is 5.60 Å². The first-order valence-corrected chi connectivity index (χ1v) is 8.17. The lowest BCUT2D eigenvalue weighted by Crippen LogP contribution is -2.22. The summed E-state index contributed by atoms with van der Waals surface area (Å²) in [6.45, 7) is 11.6. The molecule has 0 aromatic heterocycles. The van der Waals surface area contributed by atoms with E-state index in [4.69, 9.17) is 9.78 Å². The molecule has 1 rings (SSSR count). The molecule has 0 unspecified atom stereocenters. The second-order valence-corrected chi connectivity index (χ2v) is 7.51. The van der Waals surface area contributed by atoms with Crippen LogP contribution in [0.25, 0.3) is 0 Å². The fourth-order valence-electron chi connectivity index (χ4n) is 2.25. The molecule has 0 spiro atoms. The summed E-state index contributed by atoms with van der Waals surface area (Å²) in [4.78, 5) is 11.0. The number of unbranched alkanes of at least 4 members (excludes halogenated alkanes) is 3. The van der Waals surface area contributed by atoms with Crippen molar-refractivity contribution in [2.45, 2.75) is 72.3 Å². The number of hydrogen-bond acceptors (Lipinski definition) is 2. The smallest absolute Gasteiger partial charge is 0.123 e. The average molecular weight is 292 g/mol. The van der Waals surface area contributed by atoms with Gasteiger partial charge in [0.2, 0.25) is 0 Å². The Kier molecular flexibility index (Phi) is 7.41. The third-order valence-electron chi connectivity index (χ3n) is 3.64. The highest BCUT2D eigenvalue weighted by molar-refractivity contribution is 5.20. The summed E-state index contributed by atoms with van der Waals surface area (Å²) in [6, 6.07) is 10.2. The quantitative estimate of drug-likeness (QED) is 0.322. The van der Waals surface area contributed by atoms with E-state index in [1.54, 1.807) is 0 Å². The summed E-state index contributed by atoms with van der Waals surface area (Å²) in [7, 11) is 0. The van der Waals surface area contributed by atoms with Crippen molar-refractivity contribution in [3.8, 4) is 0 Å². The molecule has 1 aromatic rings. The maximum atomic E-state index is 5.58. The Balaban J connectivity index is 2.09. The van der Waals surface area contributed by atoms with E-state index in [2.05, 4.69) is 32.9 Å². The first-order valence-electron chi connectivity index (χ1n) is 8.17. The molecule has 0 aliphatic heterocycles. The molecule has 0 aliphatic rings. The molecule has 0 amide bonds. The molecule has 2 nitrogen and oxygen atoms in total. The number of benzene rings is 1. The van der Waals surface area contributed by atoms with Gasteiger partial charge < -0.3 is 0 Å². The molecule has 0 saturated heterocycles. The van der Waals surface area contributed by atoms with Gasteiger partial charge in [0.05, 0.1) is 6.61 Å². The molecule has 1 aromatic carbocycles. The SMILES string of the molecule is CC(C)(C)CCCCCCOOC(C)(C)c1ccccc1. The average Bonchev–Trinajstić information content (AvgIpc) is 2.41. The molecule has 0 heterocycles. The fraction of sp³-hybridized carbons (Fsp3) is 0.684. The summed E-state index contributed by atoms with van der Waals surface area (Å²) in [5.74, 6) is 0. The lowest BCUT2D eigenvalue weighted by molar-refractivity contribution is -0.358. The zero-order valence-electron chi connectivity index (χ0n) is 14.4. The van der Waals surface area contributed by atoms with E-state index in [1.807, 2.05) is 32.0 Å². The summed E-state index contributed by atoms with van der Waals surface area (Å²) < 4.78 is 0. The van der Waals surface area contributed by atoms with Crippen molar-refractivity contribution in [3.63, 3.8) is 0 Å². The molecule has 0 radical (unpaired) electrons. The second-order valence-electron chi connectivity index (χ2n) is 7.51. The second kappa shape index (κ2) is 8.55. The van der Waals surface area contributed by atoms with Gasteiger partial charge in [0, 0.05) is 0 Å².